The third-order valence-electron chi connectivity index (χ3n) is 4.21. The standard InChI is InChI=1S/C21H27N3O3/c1-21(2,3)27-20(25)23-15-18-14-17(8-9-22-18)16-4-6-19(7-5-16)24-10-12-26-13-11-24/h4-9,14H,10-13,15H2,1-3H3,(H,23,25). The van der Waals surface area contributed by atoms with Gasteiger partial charge < -0.3 is 19.7 Å². The highest BCUT2D eigenvalue weighted by Gasteiger charge is 2.16. The predicted octanol–water partition coefficient (Wildman–Crippen LogP) is 3.61. The number of aromatic nitrogens is 1. The molecule has 1 aliphatic heterocycles. The van der Waals surface area contributed by atoms with E-state index in [9.17, 15) is 4.79 Å². The Morgan fingerprint density at radius 1 is 1.15 bits per heavy atom. The van der Waals surface area contributed by atoms with E-state index in [0.717, 1.165) is 43.1 Å². The topological polar surface area (TPSA) is 63.7 Å². The number of ether oxygens (including phenoxy) is 2. The van der Waals surface area contributed by atoms with Crippen LogP contribution >= 0.6 is 0 Å². The van der Waals surface area contributed by atoms with Gasteiger partial charge in [-0.25, -0.2) is 4.79 Å². The molecule has 1 saturated heterocycles. The lowest BCUT2D eigenvalue weighted by Gasteiger charge is -2.28. The zero-order chi connectivity index (χ0) is 19.3. The first-order valence-electron chi connectivity index (χ1n) is 9.26. The van der Waals surface area contributed by atoms with E-state index in [0.29, 0.717) is 6.54 Å². The molecule has 1 aromatic heterocycles. The van der Waals surface area contributed by atoms with Crippen molar-refractivity contribution in [3.8, 4) is 11.1 Å². The average molecular weight is 369 g/mol. The van der Waals surface area contributed by atoms with Crippen molar-refractivity contribution >= 4 is 11.8 Å². The van der Waals surface area contributed by atoms with Gasteiger partial charge in [0.15, 0.2) is 0 Å². The van der Waals surface area contributed by atoms with Crippen LogP contribution < -0.4 is 10.2 Å². The number of carbonyl (C=O) groups is 1. The largest absolute Gasteiger partial charge is 0.444 e. The molecular weight excluding hydrogens is 342 g/mol. The molecule has 2 heterocycles. The molecule has 0 spiro atoms. The van der Waals surface area contributed by atoms with Gasteiger partial charge in [-0.05, 0) is 56.2 Å². The van der Waals surface area contributed by atoms with E-state index in [-0.39, 0.29) is 0 Å². The van der Waals surface area contributed by atoms with Crippen LogP contribution in [0.5, 0.6) is 0 Å². The third kappa shape index (κ3) is 5.69. The molecule has 1 fully saturated rings. The van der Waals surface area contributed by atoms with Crippen LogP contribution in [0.3, 0.4) is 0 Å². The van der Waals surface area contributed by atoms with Gasteiger partial charge >= 0.3 is 6.09 Å². The fourth-order valence-corrected chi connectivity index (χ4v) is 2.92. The summed E-state index contributed by atoms with van der Waals surface area (Å²) >= 11 is 0. The number of amides is 1. The van der Waals surface area contributed by atoms with Gasteiger partial charge in [-0.2, -0.15) is 0 Å². The van der Waals surface area contributed by atoms with E-state index >= 15 is 0 Å². The number of nitrogens with zero attached hydrogens (tertiary/aromatic N) is 2. The van der Waals surface area contributed by atoms with Gasteiger partial charge in [-0.15, -0.1) is 0 Å². The highest BCUT2D eigenvalue weighted by molar-refractivity contribution is 5.68. The third-order valence-corrected chi connectivity index (χ3v) is 4.21. The zero-order valence-corrected chi connectivity index (χ0v) is 16.2. The number of pyridine rings is 1. The average Bonchev–Trinajstić information content (AvgIpc) is 2.66. The van der Waals surface area contributed by atoms with Crippen LogP contribution in [0, 0.1) is 0 Å². The first-order chi connectivity index (χ1) is 12.9. The summed E-state index contributed by atoms with van der Waals surface area (Å²) in [6, 6.07) is 12.5. The minimum Gasteiger partial charge on any atom is -0.444 e. The Bertz CT molecular complexity index is 763. The molecule has 6 nitrogen and oxygen atoms in total. The Balaban J connectivity index is 1.63. The molecule has 1 amide bonds. The van der Waals surface area contributed by atoms with Crippen LogP contribution in [-0.4, -0.2) is 43.0 Å². The molecule has 1 aliphatic rings. The fourth-order valence-electron chi connectivity index (χ4n) is 2.92. The predicted molar refractivity (Wildman–Crippen MR) is 106 cm³/mol. The molecule has 0 saturated carbocycles. The van der Waals surface area contributed by atoms with Crippen molar-refractivity contribution in [3.05, 3.63) is 48.3 Å². The van der Waals surface area contributed by atoms with Crippen molar-refractivity contribution in [2.45, 2.75) is 32.9 Å². The van der Waals surface area contributed by atoms with Crippen LogP contribution in [0.15, 0.2) is 42.6 Å². The molecule has 1 aromatic carbocycles. The number of benzene rings is 1. The number of anilines is 1. The molecule has 0 bridgehead atoms. The summed E-state index contributed by atoms with van der Waals surface area (Å²) in [6.07, 6.45) is 1.32. The highest BCUT2D eigenvalue weighted by atomic mass is 16.6. The lowest BCUT2D eigenvalue weighted by Crippen LogP contribution is -2.36. The lowest BCUT2D eigenvalue weighted by atomic mass is 10.1. The van der Waals surface area contributed by atoms with Crippen molar-refractivity contribution in [3.63, 3.8) is 0 Å². The van der Waals surface area contributed by atoms with E-state index < -0.39 is 11.7 Å². The summed E-state index contributed by atoms with van der Waals surface area (Å²) in [5.74, 6) is 0. The quantitative estimate of drug-likeness (QED) is 0.892. The van der Waals surface area contributed by atoms with Gasteiger partial charge in [0.05, 0.1) is 25.5 Å². The number of carbonyl (C=O) groups excluding carboxylic acids is 1. The smallest absolute Gasteiger partial charge is 0.407 e. The molecule has 6 heteroatoms. The first kappa shape index (κ1) is 19.2. The summed E-state index contributed by atoms with van der Waals surface area (Å²) < 4.78 is 10.7. The molecule has 2 aromatic rings. The van der Waals surface area contributed by atoms with Gasteiger partial charge in [0, 0.05) is 25.0 Å². The van der Waals surface area contributed by atoms with Crippen LogP contribution in [-0.2, 0) is 16.0 Å². The lowest BCUT2D eigenvalue weighted by molar-refractivity contribution is 0.0523. The van der Waals surface area contributed by atoms with E-state index in [2.05, 4.69) is 39.5 Å². The second-order valence-corrected chi connectivity index (χ2v) is 7.54. The molecule has 0 radical (unpaired) electrons. The molecule has 27 heavy (non-hydrogen) atoms. The number of hydrogen-bond acceptors (Lipinski definition) is 5. The minimum absolute atomic E-state index is 0.328. The normalized spacial score (nSPS) is 14.7. The Morgan fingerprint density at radius 2 is 1.85 bits per heavy atom. The van der Waals surface area contributed by atoms with E-state index in [4.69, 9.17) is 9.47 Å². The van der Waals surface area contributed by atoms with Crippen LogP contribution in [0.25, 0.3) is 11.1 Å². The zero-order valence-electron chi connectivity index (χ0n) is 16.2. The number of morpholine rings is 1. The minimum atomic E-state index is -0.512. The van der Waals surface area contributed by atoms with E-state index in [1.807, 2.05) is 32.9 Å². The monoisotopic (exact) mass is 369 g/mol. The Labute approximate surface area is 160 Å². The maximum absolute atomic E-state index is 11.8. The van der Waals surface area contributed by atoms with Crippen molar-refractivity contribution in [1.29, 1.82) is 0 Å². The van der Waals surface area contributed by atoms with Crippen LogP contribution in [0.1, 0.15) is 26.5 Å². The molecule has 3 rings (SSSR count). The highest BCUT2D eigenvalue weighted by Crippen LogP contribution is 2.24. The number of alkyl carbamates (subject to hydrolysis) is 1. The summed E-state index contributed by atoms with van der Waals surface area (Å²) in [5, 5.41) is 2.74. The van der Waals surface area contributed by atoms with Gasteiger partial charge in [-0.3, -0.25) is 4.98 Å². The molecule has 144 valence electrons. The summed E-state index contributed by atoms with van der Waals surface area (Å²) in [4.78, 5) is 18.5. The van der Waals surface area contributed by atoms with E-state index in [1.54, 1.807) is 6.20 Å². The SMILES string of the molecule is CC(C)(C)OC(=O)NCc1cc(-c2ccc(N3CCOCC3)cc2)ccn1. The molecule has 0 unspecified atom stereocenters. The van der Waals surface area contributed by atoms with Gasteiger partial charge in [0.2, 0.25) is 0 Å². The number of nitrogens with one attached hydrogen (secondary N) is 1. The maximum Gasteiger partial charge on any atom is 0.407 e. The maximum atomic E-state index is 11.8. The van der Waals surface area contributed by atoms with Gasteiger partial charge in [0.1, 0.15) is 5.60 Å². The Morgan fingerprint density at radius 3 is 2.52 bits per heavy atom. The summed E-state index contributed by atoms with van der Waals surface area (Å²) in [7, 11) is 0. The van der Waals surface area contributed by atoms with Gasteiger partial charge in [0.25, 0.3) is 0 Å². The second-order valence-electron chi connectivity index (χ2n) is 7.54. The molecule has 0 aliphatic carbocycles. The van der Waals surface area contributed by atoms with Crippen molar-refractivity contribution in [2.75, 3.05) is 31.2 Å². The Kier molecular flexibility index (Phi) is 5.96. The Hall–Kier alpha value is -2.60. The number of rotatable bonds is 4. The molecule has 0 atom stereocenters. The fraction of sp³-hybridized carbons (Fsp3) is 0.429. The van der Waals surface area contributed by atoms with Crippen LogP contribution in [0.2, 0.25) is 0 Å². The number of hydrogen-bond donors (Lipinski definition) is 1. The van der Waals surface area contributed by atoms with Crippen molar-refractivity contribution < 1.29 is 14.3 Å². The summed E-state index contributed by atoms with van der Waals surface area (Å²) in [5.41, 5.74) is 3.67. The van der Waals surface area contributed by atoms with Gasteiger partial charge in [-0.1, -0.05) is 12.1 Å². The molecule has 1 N–H and O–H groups in total. The second kappa shape index (κ2) is 8.39. The molecular formula is C21H27N3O3. The van der Waals surface area contributed by atoms with E-state index in [1.165, 1.54) is 5.69 Å². The van der Waals surface area contributed by atoms with Crippen molar-refractivity contribution in [1.82, 2.24) is 10.3 Å². The summed E-state index contributed by atoms with van der Waals surface area (Å²) in [6.45, 7) is 9.25. The first-order valence-corrected chi connectivity index (χ1v) is 9.26. The van der Waals surface area contributed by atoms with Crippen molar-refractivity contribution in [2.24, 2.45) is 0 Å². The van der Waals surface area contributed by atoms with Crippen LogP contribution in [0.4, 0.5) is 10.5 Å².